The van der Waals surface area contributed by atoms with Gasteiger partial charge in [-0.15, -0.1) is 0 Å². The first-order valence-electron chi connectivity index (χ1n) is 17.1. The molecule has 0 spiro atoms. The van der Waals surface area contributed by atoms with Crippen molar-refractivity contribution >= 4 is 17.4 Å². The smallest absolute Gasteiger partial charge is 0.308 e. The van der Waals surface area contributed by atoms with Gasteiger partial charge in [-0.3, -0.25) is 4.79 Å². The van der Waals surface area contributed by atoms with Crippen LogP contribution in [0.2, 0.25) is 0 Å². The first-order valence-corrected chi connectivity index (χ1v) is 17.1. The molecule has 0 unspecified atom stereocenters. The topological polar surface area (TPSA) is 109 Å². The zero-order valence-electron chi connectivity index (χ0n) is 30.1. The molecule has 10 heteroatoms. The van der Waals surface area contributed by atoms with E-state index in [1.807, 2.05) is 69.3 Å². The average molecular weight is 675 g/mol. The fraction of sp³-hybridized carbons (Fsp3) is 0.462. The zero-order valence-corrected chi connectivity index (χ0v) is 30.1. The number of aryl methyl sites for hydroxylation is 2. The fourth-order valence-electron chi connectivity index (χ4n) is 5.85. The minimum atomic E-state index is -0.919. The number of nitrogens with zero attached hydrogens (tertiary/aromatic N) is 4. The minimum Gasteiger partial charge on any atom is -0.493 e. The van der Waals surface area contributed by atoms with Gasteiger partial charge in [-0.1, -0.05) is 50.3 Å². The number of aliphatic hydroxyl groups is 1. The maximum absolute atomic E-state index is 15.6. The molecule has 2 N–H and O–H groups in total. The molecule has 0 radical (unpaired) electrons. The average Bonchev–Trinajstić information content (AvgIpc) is 3.46. The van der Waals surface area contributed by atoms with E-state index in [1.165, 1.54) is 0 Å². The summed E-state index contributed by atoms with van der Waals surface area (Å²) in [5.41, 5.74) is 4.24. The molecule has 0 aliphatic carbocycles. The van der Waals surface area contributed by atoms with Gasteiger partial charge in [0.1, 0.15) is 17.4 Å². The Morgan fingerprint density at radius 2 is 1.71 bits per heavy atom. The molecule has 3 aliphatic heterocycles. The second kappa shape index (κ2) is 16.0. The summed E-state index contributed by atoms with van der Waals surface area (Å²) in [5.74, 6) is -0.00299. The van der Waals surface area contributed by atoms with E-state index in [-0.39, 0.29) is 17.8 Å². The standard InChI is InChI=1S/C33H35FN4O4.C4H10O.C2H6/c1-21-10-11-27-30(31(21)34)24-9-7-8-23(18-24)26-20-28-35-22(2)25(19-29(39)40)32(38(28)36-26)37-14-12-33(3,13-15-37)42-17-6-4-5-16-41-27;1-4(2,3)5;1-2/h4,6-11,18,20H,5,12-17,19H2,1-3H3,(H,39,40);5H,1-3H3;1-2H3/b6-4+;;. The quantitative estimate of drug-likeness (QED) is 0.206. The van der Waals surface area contributed by atoms with E-state index in [0.717, 1.165) is 24.2 Å². The fourth-order valence-corrected chi connectivity index (χ4v) is 5.85. The highest BCUT2D eigenvalue weighted by Gasteiger charge is 2.33. The van der Waals surface area contributed by atoms with E-state index >= 15 is 4.39 Å². The SMILES string of the molecule is CC.CC(C)(C)O.Cc1ccc2c(c1F)-c1cccc(c1)-c1cc3nc(C)c(CC(=O)O)c(n3n1)N1CCC(C)(CC1)OC/C=C/CCO2. The van der Waals surface area contributed by atoms with E-state index in [4.69, 9.17) is 24.7 Å². The summed E-state index contributed by atoms with van der Waals surface area (Å²) in [6.07, 6.45) is 6.13. The van der Waals surface area contributed by atoms with Gasteiger partial charge in [-0.25, -0.2) is 9.37 Å². The van der Waals surface area contributed by atoms with Gasteiger partial charge in [-0.05, 0) is 84.1 Å². The van der Waals surface area contributed by atoms with Crippen molar-refractivity contribution in [2.75, 3.05) is 31.2 Å². The molecule has 0 amide bonds. The number of carboxylic acids is 1. The number of anilines is 1. The van der Waals surface area contributed by atoms with Crippen LogP contribution in [0.3, 0.4) is 0 Å². The van der Waals surface area contributed by atoms with Gasteiger partial charge in [0.05, 0.1) is 42.1 Å². The number of aromatic nitrogens is 3. The lowest BCUT2D eigenvalue weighted by Gasteiger charge is -2.40. The molecular formula is C39H51FN4O5. The van der Waals surface area contributed by atoms with Crippen molar-refractivity contribution in [3.05, 3.63) is 77.3 Å². The van der Waals surface area contributed by atoms with Gasteiger partial charge in [0, 0.05) is 36.0 Å². The predicted molar refractivity (Wildman–Crippen MR) is 193 cm³/mol. The Kier molecular flexibility index (Phi) is 12.2. The lowest BCUT2D eigenvalue weighted by Crippen LogP contribution is -2.45. The van der Waals surface area contributed by atoms with Gasteiger partial charge < -0.3 is 24.6 Å². The lowest BCUT2D eigenvalue weighted by atomic mass is 9.93. The second-order valence-corrected chi connectivity index (χ2v) is 13.5. The third-order valence-electron chi connectivity index (χ3n) is 8.31. The summed E-state index contributed by atoms with van der Waals surface area (Å²) in [4.78, 5) is 18.9. The van der Waals surface area contributed by atoms with Crippen molar-refractivity contribution in [3.63, 3.8) is 0 Å². The van der Waals surface area contributed by atoms with Crippen LogP contribution in [0.15, 0.2) is 54.6 Å². The van der Waals surface area contributed by atoms with Crippen LogP contribution in [0.25, 0.3) is 28.0 Å². The highest BCUT2D eigenvalue weighted by Crippen LogP contribution is 2.38. The third-order valence-corrected chi connectivity index (χ3v) is 8.31. The summed E-state index contributed by atoms with van der Waals surface area (Å²) in [6.45, 7) is 17.2. The third kappa shape index (κ3) is 9.45. The Morgan fingerprint density at radius 3 is 2.39 bits per heavy atom. The van der Waals surface area contributed by atoms with Gasteiger partial charge >= 0.3 is 5.97 Å². The van der Waals surface area contributed by atoms with Crippen molar-refractivity contribution in [3.8, 4) is 28.1 Å². The number of fused-ring (bicyclic) bond motifs is 7. The molecule has 0 atom stereocenters. The maximum atomic E-state index is 15.6. The van der Waals surface area contributed by atoms with Gasteiger partial charge in [0.2, 0.25) is 0 Å². The van der Waals surface area contributed by atoms with Crippen molar-refractivity contribution in [2.24, 2.45) is 0 Å². The second-order valence-electron chi connectivity index (χ2n) is 13.5. The number of aliphatic carboxylic acids is 1. The van der Waals surface area contributed by atoms with E-state index in [1.54, 1.807) is 38.3 Å². The van der Waals surface area contributed by atoms with Gasteiger partial charge in [-0.2, -0.15) is 9.61 Å². The van der Waals surface area contributed by atoms with Crippen LogP contribution < -0.4 is 9.64 Å². The molecule has 1 fully saturated rings. The summed E-state index contributed by atoms with van der Waals surface area (Å²) in [6, 6.07) is 13.1. The first-order chi connectivity index (χ1) is 23.2. The van der Waals surface area contributed by atoms with Gasteiger partial charge in [0.15, 0.2) is 5.65 Å². The van der Waals surface area contributed by atoms with Crippen LogP contribution in [-0.2, 0) is 16.0 Å². The number of benzene rings is 2. The number of halogens is 1. The molecule has 4 aromatic rings. The Bertz CT molecular complexity index is 1780. The zero-order chi connectivity index (χ0) is 35.9. The summed E-state index contributed by atoms with van der Waals surface area (Å²) < 4.78 is 29.7. The Labute approximate surface area is 289 Å². The van der Waals surface area contributed by atoms with Crippen LogP contribution in [0.1, 0.15) is 77.6 Å². The molecule has 0 saturated carbocycles. The molecule has 3 aliphatic rings. The number of hydrogen-bond acceptors (Lipinski definition) is 7. The van der Waals surface area contributed by atoms with Crippen molar-refractivity contribution in [1.82, 2.24) is 14.6 Å². The monoisotopic (exact) mass is 674 g/mol. The predicted octanol–water partition coefficient (Wildman–Crippen LogP) is 7.96. The van der Waals surface area contributed by atoms with Crippen molar-refractivity contribution in [2.45, 2.75) is 92.3 Å². The van der Waals surface area contributed by atoms with Crippen LogP contribution in [0.4, 0.5) is 10.2 Å². The Hall–Kier alpha value is -4.28. The Balaban J connectivity index is 0.000000710. The lowest BCUT2D eigenvalue weighted by molar-refractivity contribution is -0.136. The van der Waals surface area contributed by atoms with Crippen molar-refractivity contribution in [1.29, 1.82) is 0 Å². The molecule has 1 saturated heterocycles. The number of ether oxygens (including phenoxy) is 2. The molecule has 6 bridgehead atoms. The minimum absolute atomic E-state index is 0.154. The van der Waals surface area contributed by atoms with E-state index in [2.05, 4.69) is 11.8 Å². The number of hydrogen-bond donors (Lipinski definition) is 2. The number of carbonyl (C=O) groups is 1. The molecule has 264 valence electrons. The molecule has 49 heavy (non-hydrogen) atoms. The van der Waals surface area contributed by atoms with E-state index < -0.39 is 11.6 Å². The first kappa shape index (κ1) is 37.5. The van der Waals surface area contributed by atoms with Crippen molar-refractivity contribution < 1.29 is 28.9 Å². The van der Waals surface area contributed by atoms with Crippen LogP contribution in [0, 0.1) is 19.7 Å². The highest BCUT2D eigenvalue weighted by atomic mass is 19.1. The molecule has 5 heterocycles. The van der Waals surface area contributed by atoms with Gasteiger partial charge in [0.25, 0.3) is 0 Å². The normalized spacial score (nSPS) is 16.4. The van der Waals surface area contributed by atoms with Crippen LogP contribution in [-0.4, -0.2) is 68.3 Å². The molecule has 9 nitrogen and oxygen atoms in total. The number of carboxylic acid groups (broad SMARTS) is 1. The molecule has 2 aromatic heterocycles. The molecule has 7 rings (SSSR count). The summed E-state index contributed by atoms with van der Waals surface area (Å²) >= 11 is 0. The molecular weight excluding hydrogens is 623 g/mol. The summed E-state index contributed by atoms with van der Waals surface area (Å²) in [7, 11) is 0. The Morgan fingerprint density at radius 1 is 1.04 bits per heavy atom. The summed E-state index contributed by atoms with van der Waals surface area (Å²) in [5, 5.41) is 23.2. The van der Waals surface area contributed by atoms with Crippen LogP contribution in [0.5, 0.6) is 5.75 Å². The maximum Gasteiger partial charge on any atom is 0.308 e. The number of rotatable bonds is 2. The highest BCUT2D eigenvalue weighted by molar-refractivity contribution is 5.78. The van der Waals surface area contributed by atoms with E-state index in [0.29, 0.717) is 77.8 Å². The largest absolute Gasteiger partial charge is 0.493 e. The van der Waals surface area contributed by atoms with Crippen LogP contribution >= 0.6 is 0 Å². The van der Waals surface area contributed by atoms with E-state index in [9.17, 15) is 9.90 Å². The molecule has 2 aromatic carbocycles. The number of piperidine rings is 1.